The van der Waals surface area contributed by atoms with Gasteiger partial charge in [0.2, 0.25) is 5.91 Å². The van der Waals surface area contributed by atoms with Crippen molar-refractivity contribution in [2.75, 3.05) is 13.1 Å². The van der Waals surface area contributed by atoms with Crippen LogP contribution < -0.4 is 0 Å². The number of benzene rings is 1. The molecule has 0 radical (unpaired) electrons. The molecule has 1 atom stereocenters. The van der Waals surface area contributed by atoms with E-state index in [0.29, 0.717) is 25.9 Å². The molecular formula is C14H16BrNO2. The van der Waals surface area contributed by atoms with Gasteiger partial charge in [-0.05, 0) is 17.7 Å². The Morgan fingerprint density at radius 1 is 1.50 bits per heavy atom. The van der Waals surface area contributed by atoms with E-state index in [0.717, 1.165) is 10.0 Å². The molecule has 1 heterocycles. The molecule has 0 saturated carbocycles. The average molecular weight is 310 g/mol. The van der Waals surface area contributed by atoms with Crippen LogP contribution in [0.15, 0.2) is 28.7 Å². The first-order valence-corrected chi connectivity index (χ1v) is 6.90. The summed E-state index contributed by atoms with van der Waals surface area (Å²) in [5, 5.41) is 0. The van der Waals surface area contributed by atoms with Crippen molar-refractivity contribution in [3.05, 3.63) is 34.3 Å². The highest BCUT2D eigenvalue weighted by atomic mass is 79.9. The first-order valence-electron chi connectivity index (χ1n) is 6.11. The third kappa shape index (κ3) is 3.19. The number of ketones is 1. The number of piperidine rings is 1. The minimum Gasteiger partial charge on any atom is -0.341 e. The number of likely N-dealkylation sites (tertiary alicyclic amines) is 1. The van der Waals surface area contributed by atoms with Crippen molar-refractivity contribution in [1.29, 1.82) is 0 Å². The molecule has 0 spiro atoms. The van der Waals surface area contributed by atoms with Crippen LogP contribution in [0.25, 0.3) is 0 Å². The highest BCUT2D eigenvalue weighted by Crippen LogP contribution is 2.16. The summed E-state index contributed by atoms with van der Waals surface area (Å²) >= 11 is 3.40. The molecule has 96 valence electrons. The largest absolute Gasteiger partial charge is 0.341 e. The van der Waals surface area contributed by atoms with Gasteiger partial charge in [0.15, 0.2) is 0 Å². The Balaban J connectivity index is 1.98. The van der Waals surface area contributed by atoms with Crippen LogP contribution in [0.4, 0.5) is 0 Å². The summed E-state index contributed by atoms with van der Waals surface area (Å²) in [7, 11) is 0. The van der Waals surface area contributed by atoms with Gasteiger partial charge >= 0.3 is 0 Å². The zero-order valence-electron chi connectivity index (χ0n) is 10.4. The lowest BCUT2D eigenvalue weighted by Crippen LogP contribution is -2.43. The second-order valence-corrected chi connectivity index (χ2v) is 5.68. The van der Waals surface area contributed by atoms with Crippen LogP contribution in [0.3, 0.4) is 0 Å². The van der Waals surface area contributed by atoms with E-state index in [2.05, 4.69) is 15.9 Å². The Bertz CT molecular complexity index is 473. The fraction of sp³-hybridized carbons (Fsp3) is 0.429. The van der Waals surface area contributed by atoms with Crippen LogP contribution >= 0.6 is 15.9 Å². The third-order valence-electron chi connectivity index (χ3n) is 3.27. The van der Waals surface area contributed by atoms with Gasteiger partial charge in [0.25, 0.3) is 0 Å². The van der Waals surface area contributed by atoms with E-state index in [1.54, 1.807) is 4.90 Å². The highest BCUT2D eigenvalue weighted by Gasteiger charge is 2.26. The van der Waals surface area contributed by atoms with Crippen LogP contribution in [-0.4, -0.2) is 29.7 Å². The lowest BCUT2D eigenvalue weighted by molar-refractivity contribution is -0.136. The number of carbonyl (C=O) groups excluding carboxylic acids is 2. The maximum absolute atomic E-state index is 12.1. The van der Waals surface area contributed by atoms with Gasteiger partial charge in [-0.25, -0.2) is 0 Å². The molecule has 0 aliphatic carbocycles. The van der Waals surface area contributed by atoms with Crippen molar-refractivity contribution in [2.24, 2.45) is 5.92 Å². The lowest BCUT2D eigenvalue weighted by atomic mass is 9.98. The van der Waals surface area contributed by atoms with Gasteiger partial charge < -0.3 is 4.90 Å². The molecular weight excluding hydrogens is 294 g/mol. The van der Waals surface area contributed by atoms with Crippen molar-refractivity contribution in [3.63, 3.8) is 0 Å². The standard InChI is InChI=1S/C14H16BrNO2/c1-10-9-16(6-5-13(10)17)14(18)8-11-3-2-4-12(15)7-11/h2-4,7,10H,5-6,8-9H2,1H3. The molecule has 1 aromatic rings. The molecule has 1 aromatic carbocycles. The predicted molar refractivity (Wildman–Crippen MR) is 73.2 cm³/mol. The predicted octanol–water partition coefficient (Wildman–Crippen LogP) is 2.43. The maximum atomic E-state index is 12.1. The SMILES string of the molecule is CC1CN(C(=O)Cc2cccc(Br)c2)CCC1=O. The number of nitrogens with zero attached hydrogens (tertiary/aromatic N) is 1. The van der Waals surface area contributed by atoms with Gasteiger partial charge in [-0.1, -0.05) is 35.0 Å². The smallest absolute Gasteiger partial charge is 0.227 e. The van der Waals surface area contributed by atoms with Gasteiger partial charge in [0.05, 0.1) is 6.42 Å². The molecule has 1 amide bonds. The Morgan fingerprint density at radius 2 is 2.28 bits per heavy atom. The summed E-state index contributed by atoms with van der Waals surface area (Å²) in [4.78, 5) is 25.3. The minimum absolute atomic E-state index is 0.0230. The third-order valence-corrected chi connectivity index (χ3v) is 3.76. The van der Waals surface area contributed by atoms with E-state index in [4.69, 9.17) is 0 Å². The summed E-state index contributed by atoms with van der Waals surface area (Å²) in [6.07, 6.45) is 0.895. The molecule has 3 nitrogen and oxygen atoms in total. The summed E-state index contributed by atoms with van der Waals surface area (Å²) in [5.74, 6) is 0.346. The van der Waals surface area contributed by atoms with Crippen molar-refractivity contribution < 1.29 is 9.59 Å². The van der Waals surface area contributed by atoms with Crippen LogP contribution in [0.1, 0.15) is 18.9 Å². The summed E-state index contributed by atoms with van der Waals surface area (Å²) < 4.78 is 0.981. The normalized spacial score (nSPS) is 20.0. The summed E-state index contributed by atoms with van der Waals surface area (Å²) in [6.45, 7) is 3.02. The first kappa shape index (κ1) is 13.3. The molecule has 1 aliphatic rings. The van der Waals surface area contributed by atoms with Crippen molar-refractivity contribution in [3.8, 4) is 0 Å². The van der Waals surface area contributed by atoms with Gasteiger partial charge in [0, 0.05) is 29.9 Å². The number of carbonyl (C=O) groups is 2. The second kappa shape index (κ2) is 5.65. The molecule has 4 heteroatoms. The molecule has 0 aromatic heterocycles. The Kier molecular flexibility index (Phi) is 4.17. The Morgan fingerprint density at radius 3 is 2.94 bits per heavy atom. The summed E-state index contributed by atoms with van der Waals surface area (Å²) in [5.41, 5.74) is 0.999. The number of rotatable bonds is 2. The number of Topliss-reactive ketones (excluding diaryl/α,β-unsaturated/α-hetero) is 1. The topological polar surface area (TPSA) is 37.4 Å². The monoisotopic (exact) mass is 309 g/mol. The van der Waals surface area contributed by atoms with E-state index in [1.165, 1.54) is 0 Å². The van der Waals surface area contributed by atoms with Crippen LogP contribution in [0.2, 0.25) is 0 Å². The average Bonchev–Trinajstić information content (AvgIpc) is 2.32. The lowest BCUT2D eigenvalue weighted by Gasteiger charge is -2.30. The summed E-state index contributed by atoms with van der Waals surface area (Å²) in [6, 6.07) is 7.77. The number of hydrogen-bond acceptors (Lipinski definition) is 2. The van der Waals surface area contributed by atoms with Gasteiger partial charge in [-0.2, -0.15) is 0 Å². The highest BCUT2D eigenvalue weighted by molar-refractivity contribution is 9.10. The number of hydrogen-bond donors (Lipinski definition) is 0. The molecule has 1 fully saturated rings. The van der Waals surface area contributed by atoms with Gasteiger partial charge in [-0.3, -0.25) is 9.59 Å². The maximum Gasteiger partial charge on any atom is 0.227 e. The number of halogens is 1. The van der Waals surface area contributed by atoms with Crippen molar-refractivity contribution in [1.82, 2.24) is 4.90 Å². The van der Waals surface area contributed by atoms with E-state index in [9.17, 15) is 9.59 Å². The quantitative estimate of drug-likeness (QED) is 0.841. The van der Waals surface area contributed by atoms with Crippen LogP contribution in [-0.2, 0) is 16.0 Å². The first-order chi connectivity index (χ1) is 8.56. The van der Waals surface area contributed by atoms with Crippen LogP contribution in [0, 0.1) is 5.92 Å². The molecule has 2 rings (SSSR count). The Hall–Kier alpha value is -1.16. The molecule has 1 unspecified atom stereocenters. The van der Waals surface area contributed by atoms with E-state index < -0.39 is 0 Å². The molecule has 1 saturated heterocycles. The van der Waals surface area contributed by atoms with Crippen LogP contribution in [0.5, 0.6) is 0 Å². The van der Waals surface area contributed by atoms with Gasteiger partial charge in [-0.15, -0.1) is 0 Å². The van der Waals surface area contributed by atoms with Gasteiger partial charge in [0.1, 0.15) is 5.78 Å². The number of amides is 1. The molecule has 1 aliphatic heterocycles. The molecule has 0 N–H and O–H groups in total. The zero-order chi connectivity index (χ0) is 13.1. The van der Waals surface area contributed by atoms with Crippen molar-refractivity contribution >= 4 is 27.6 Å². The fourth-order valence-corrected chi connectivity index (χ4v) is 2.62. The molecule has 0 bridgehead atoms. The Labute approximate surface area is 115 Å². The van der Waals surface area contributed by atoms with E-state index >= 15 is 0 Å². The molecule has 18 heavy (non-hydrogen) atoms. The van der Waals surface area contributed by atoms with E-state index in [1.807, 2.05) is 31.2 Å². The van der Waals surface area contributed by atoms with E-state index in [-0.39, 0.29) is 17.6 Å². The zero-order valence-corrected chi connectivity index (χ0v) is 11.9. The minimum atomic E-state index is -0.0230. The van der Waals surface area contributed by atoms with Crippen molar-refractivity contribution in [2.45, 2.75) is 19.8 Å². The fourth-order valence-electron chi connectivity index (χ4n) is 2.18. The second-order valence-electron chi connectivity index (χ2n) is 4.76.